The van der Waals surface area contributed by atoms with Gasteiger partial charge in [0.05, 0.1) is 0 Å². The Morgan fingerprint density at radius 1 is 1.04 bits per heavy atom. The van der Waals surface area contributed by atoms with Gasteiger partial charge in [-0.2, -0.15) is 26.3 Å². The Bertz CT molecular complexity index is 474. The van der Waals surface area contributed by atoms with Crippen molar-refractivity contribution in [3.05, 3.63) is 12.2 Å². The zero-order valence-corrected chi connectivity index (χ0v) is 14.3. The van der Waals surface area contributed by atoms with Gasteiger partial charge in [0, 0.05) is 0 Å². The number of allylic oxidation sites excluding steroid dienone is 2. The van der Waals surface area contributed by atoms with Gasteiger partial charge >= 0.3 is 18.3 Å². The molecule has 146 valence electrons. The molecule has 1 rings (SSSR count). The summed E-state index contributed by atoms with van der Waals surface area (Å²) in [6.07, 6.45) is -8.75. The Morgan fingerprint density at radius 3 is 2.00 bits per heavy atom. The molecule has 1 aliphatic carbocycles. The molecule has 0 bridgehead atoms. The van der Waals surface area contributed by atoms with Crippen molar-refractivity contribution in [2.75, 3.05) is 6.61 Å². The van der Waals surface area contributed by atoms with Crippen LogP contribution in [0.25, 0.3) is 0 Å². The number of hydrogen-bond acceptors (Lipinski definition) is 3. The second-order valence-corrected chi connectivity index (χ2v) is 7.05. The maximum absolute atomic E-state index is 13.4. The van der Waals surface area contributed by atoms with Crippen LogP contribution in [0.4, 0.5) is 26.3 Å². The van der Waals surface area contributed by atoms with E-state index in [2.05, 4.69) is 4.74 Å². The molecule has 1 aliphatic rings. The second kappa shape index (κ2) is 7.55. The summed E-state index contributed by atoms with van der Waals surface area (Å²) in [7, 11) is 0. The number of esters is 1. The highest BCUT2D eigenvalue weighted by molar-refractivity contribution is 5.71. The van der Waals surface area contributed by atoms with Crippen molar-refractivity contribution in [1.82, 2.24) is 0 Å². The first-order valence-corrected chi connectivity index (χ1v) is 7.82. The number of carbonyl (C=O) groups is 1. The van der Waals surface area contributed by atoms with Gasteiger partial charge in [-0.15, -0.1) is 0 Å². The van der Waals surface area contributed by atoms with Crippen LogP contribution >= 0.6 is 0 Å². The molecule has 0 fully saturated rings. The van der Waals surface area contributed by atoms with Gasteiger partial charge < -0.3 is 9.47 Å². The average molecular weight is 376 g/mol. The van der Waals surface area contributed by atoms with Crippen LogP contribution in [-0.2, 0) is 14.3 Å². The average Bonchev–Trinajstić information content (AvgIpc) is 2.40. The van der Waals surface area contributed by atoms with Gasteiger partial charge in [-0.25, -0.2) is 4.79 Å². The molecule has 25 heavy (non-hydrogen) atoms. The molecule has 0 aromatic rings. The van der Waals surface area contributed by atoms with E-state index in [4.69, 9.17) is 4.74 Å². The molecule has 0 heterocycles. The predicted octanol–water partition coefficient (Wildman–Crippen LogP) is 4.95. The molecule has 0 N–H and O–H groups in total. The largest absolute Gasteiger partial charge is 0.458 e. The predicted molar refractivity (Wildman–Crippen MR) is 77.7 cm³/mol. The normalized spacial score (nSPS) is 19.8. The molecule has 0 aliphatic heterocycles. The zero-order valence-electron chi connectivity index (χ0n) is 14.3. The van der Waals surface area contributed by atoms with Crippen molar-refractivity contribution in [2.45, 2.75) is 70.0 Å². The molecule has 0 amide bonds. The van der Waals surface area contributed by atoms with Crippen molar-refractivity contribution < 1.29 is 40.6 Å². The summed E-state index contributed by atoms with van der Waals surface area (Å²) in [5.74, 6) is -2.12. The molecule has 0 radical (unpaired) electrons. The SMILES string of the molecule is CC(C)(C)OC(=O)COC(CC1CC=CCC1)(C(F)(F)F)C(F)(F)F. The van der Waals surface area contributed by atoms with Crippen LogP contribution in [0.3, 0.4) is 0 Å². The maximum Gasteiger partial charge on any atom is 0.426 e. The number of hydrogen-bond donors (Lipinski definition) is 0. The van der Waals surface area contributed by atoms with Crippen molar-refractivity contribution in [1.29, 1.82) is 0 Å². The fourth-order valence-electron chi connectivity index (χ4n) is 2.62. The summed E-state index contributed by atoms with van der Waals surface area (Å²) in [6.45, 7) is 2.90. The van der Waals surface area contributed by atoms with Crippen LogP contribution in [-0.4, -0.2) is 36.1 Å². The zero-order chi connectivity index (χ0) is 19.5. The maximum atomic E-state index is 13.4. The van der Waals surface area contributed by atoms with Gasteiger partial charge in [0.1, 0.15) is 12.2 Å². The number of rotatable bonds is 5. The molecular weight excluding hydrogens is 354 g/mol. The van der Waals surface area contributed by atoms with Gasteiger partial charge in [0.2, 0.25) is 0 Å². The topological polar surface area (TPSA) is 35.5 Å². The van der Waals surface area contributed by atoms with Crippen molar-refractivity contribution in [2.24, 2.45) is 5.92 Å². The van der Waals surface area contributed by atoms with E-state index < -0.39 is 48.5 Å². The molecular formula is C16H22F6O3. The minimum atomic E-state index is -5.71. The van der Waals surface area contributed by atoms with Crippen molar-refractivity contribution in [3.63, 3.8) is 0 Å². The minimum absolute atomic E-state index is 0.101. The van der Waals surface area contributed by atoms with E-state index >= 15 is 0 Å². The minimum Gasteiger partial charge on any atom is -0.458 e. The highest BCUT2D eigenvalue weighted by Gasteiger charge is 2.72. The van der Waals surface area contributed by atoms with Crippen LogP contribution in [0.15, 0.2) is 12.2 Å². The van der Waals surface area contributed by atoms with Crippen molar-refractivity contribution in [3.8, 4) is 0 Å². The Hall–Kier alpha value is -1.25. The van der Waals surface area contributed by atoms with E-state index in [9.17, 15) is 31.1 Å². The summed E-state index contributed by atoms with van der Waals surface area (Å²) < 4.78 is 89.4. The van der Waals surface area contributed by atoms with E-state index in [1.54, 1.807) is 12.2 Å². The quantitative estimate of drug-likeness (QED) is 0.387. The van der Waals surface area contributed by atoms with Crippen LogP contribution in [0.5, 0.6) is 0 Å². The van der Waals surface area contributed by atoms with Gasteiger partial charge in [0.15, 0.2) is 0 Å². The summed E-state index contributed by atoms with van der Waals surface area (Å²) >= 11 is 0. The van der Waals surface area contributed by atoms with E-state index in [0.717, 1.165) is 0 Å². The first-order chi connectivity index (χ1) is 11.2. The Labute approximate surface area is 142 Å². The number of ether oxygens (including phenoxy) is 2. The van der Waals surface area contributed by atoms with Crippen LogP contribution in [0.1, 0.15) is 46.5 Å². The summed E-state index contributed by atoms with van der Waals surface area (Å²) in [5, 5.41) is 0. The highest BCUT2D eigenvalue weighted by atomic mass is 19.4. The van der Waals surface area contributed by atoms with E-state index in [1.165, 1.54) is 20.8 Å². The monoisotopic (exact) mass is 376 g/mol. The molecule has 3 nitrogen and oxygen atoms in total. The number of halogens is 6. The molecule has 1 atom stereocenters. The standard InChI is InChI=1S/C16H22F6O3/c1-13(2,3)25-12(23)10-24-14(15(17,18)19,16(20,21)22)9-11-7-5-4-6-8-11/h4-5,11H,6-10H2,1-3H3. The van der Waals surface area contributed by atoms with Crippen molar-refractivity contribution >= 4 is 5.97 Å². The summed E-state index contributed by atoms with van der Waals surface area (Å²) in [5.41, 5.74) is -5.44. The molecule has 0 spiro atoms. The fraction of sp³-hybridized carbons (Fsp3) is 0.812. The Kier molecular flexibility index (Phi) is 6.58. The third kappa shape index (κ3) is 5.90. The lowest BCUT2D eigenvalue weighted by Crippen LogP contribution is -2.60. The molecule has 1 unspecified atom stereocenters. The Balaban J connectivity index is 3.04. The Morgan fingerprint density at radius 2 is 1.60 bits per heavy atom. The summed E-state index contributed by atoms with van der Waals surface area (Å²) in [6, 6.07) is 0. The van der Waals surface area contributed by atoms with Gasteiger partial charge in [-0.1, -0.05) is 12.2 Å². The van der Waals surface area contributed by atoms with Gasteiger partial charge in [-0.05, 0) is 52.4 Å². The summed E-state index contributed by atoms with van der Waals surface area (Å²) in [4.78, 5) is 11.6. The number of alkyl halides is 6. The lowest BCUT2D eigenvalue weighted by molar-refractivity contribution is -0.384. The molecule has 0 aromatic carbocycles. The van der Waals surface area contributed by atoms with Crippen LogP contribution < -0.4 is 0 Å². The third-order valence-corrected chi connectivity index (χ3v) is 3.73. The van der Waals surface area contributed by atoms with Crippen LogP contribution in [0.2, 0.25) is 0 Å². The number of carbonyl (C=O) groups excluding carboxylic acids is 1. The molecule has 0 saturated heterocycles. The van der Waals surface area contributed by atoms with Gasteiger partial charge in [0.25, 0.3) is 5.60 Å². The highest BCUT2D eigenvalue weighted by Crippen LogP contribution is 2.50. The van der Waals surface area contributed by atoms with E-state index in [-0.39, 0.29) is 12.8 Å². The fourth-order valence-corrected chi connectivity index (χ4v) is 2.62. The molecule has 9 heteroatoms. The lowest BCUT2D eigenvalue weighted by atomic mass is 9.82. The first-order valence-electron chi connectivity index (χ1n) is 7.82. The van der Waals surface area contributed by atoms with Gasteiger partial charge in [-0.3, -0.25) is 0 Å². The molecule has 0 aromatic heterocycles. The second-order valence-electron chi connectivity index (χ2n) is 7.05. The molecule has 0 saturated carbocycles. The smallest absolute Gasteiger partial charge is 0.426 e. The third-order valence-electron chi connectivity index (χ3n) is 3.73. The van der Waals surface area contributed by atoms with E-state index in [0.29, 0.717) is 6.42 Å². The lowest BCUT2D eigenvalue weighted by Gasteiger charge is -2.39. The first kappa shape index (κ1) is 21.8. The van der Waals surface area contributed by atoms with E-state index in [1.807, 2.05) is 0 Å². The van der Waals surface area contributed by atoms with Crippen LogP contribution in [0, 0.1) is 5.92 Å².